The Hall–Kier alpha value is -2.88. The third-order valence-corrected chi connectivity index (χ3v) is 4.70. The topological polar surface area (TPSA) is 78.5 Å². The summed E-state index contributed by atoms with van der Waals surface area (Å²) in [6.45, 7) is -0.856. The number of halogens is 4. The molecule has 1 heterocycles. The second-order valence-corrected chi connectivity index (χ2v) is 6.91. The molecule has 6 nitrogen and oxygen atoms in total. The van der Waals surface area contributed by atoms with Crippen molar-refractivity contribution in [3.05, 3.63) is 64.6 Å². The number of benzene rings is 2. The van der Waals surface area contributed by atoms with Gasteiger partial charge in [0.05, 0.1) is 0 Å². The van der Waals surface area contributed by atoms with E-state index in [-0.39, 0.29) is 4.90 Å². The highest BCUT2D eigenvalue weighted by atomic mass is 79.9. The molecule has 0 radical (unpaired) electrons. The van der Waals surface area contributed by atoms with Crippen LogP contribution >= 0.6 is 15.9 Å². The summed E-state index contributed by atoms with van der Waals surface area (Å²) in [6, 6.07) is 11.4. The van der Waals surface area contributed by atoms with Gasteiger partial charge in [0.2, 0.25) is 11.4 Å². The summed E-state index contributed by atoms with van der Waals surface area (Å²) in [5.41, 5.74) is -3.30. The van der Waals surface area contributed by atoms with Crippen molar-refractivity contribution >= 4 is 39.5 Å². The summed E-state index contributed by atoms with van der Waals surface area (Å²) in [6.07, 6.45) is -5.10. The fourth-order valence-corrected chi connectivity index (χ4v) is 3.10. The predicted molar refractivity (Wildman–Crippen MR) is 97.2 cm³/mol. The van der Waals surface area contributed by atoms with Gasteiger partial charge in [-0.2, -0.15) is 13.2 Å². The van der Waals surface area contributed by atoms with Crippen LogP contribution in [0.4, 0.5) is 23.7 Å². The lowest BCUT2D eigenvalue weighted by Gasteiger charge is -2.29. The SMILES string of the molecule is O=C(CN1C(=O)NC(c2ccccc2)(C(F)(F)F)C1=O)Nc1ccc(Br)cc1. The molecule has 1 atom stereocenters. The summed E-state index contributed by atoms with van der Waals surface area (Å²) in [5, 5.41) is 4.15. The van der Waals surface area contributed by atoms with Crippen molar-refractivity contribution < 1.29 is 27.6 Å². The Labute approximate surface area is 165 Å². The van der Waals surface area contributed by atoms with E-state index in [1.165, 1.54) is 18.2 Å². The van der Waals surface area contributed by atoms with Crippen LogP contribution in [0, 0.1) is 0 Å². The standard InChI is InChI=1S/C18H13BrF3N3O3/c19-12-6-8-13(9-7-12)23-14(26)10-25-15(27)17(18(20,21)22,24-16(25)28)11-4-2-1-3-5-11/h1-9H,10H2,(H,23,26)(H,24,28). The minimum atomic E-state index is -5.10. The molecule has 146 valence electrons. The lowest BCUT2D eigenvalue weighted by Crippen LogP contribution is -2.55. The van der Waals surface area contributed by atoms with Gasteiger partial charge in [0.15, 0.2) is 0 Å². The number of anilines is 1. The maximum atomic E-state index is 13.9. The molecule has 1 fully saturated rings. The first-order valence-corrected chi connectivity index (χ1v) is 8.76. The summed E-state index contributed by atoms with van der Waals surface area (Å²) in [4.78, 5) is 37.2. The summed E-state index contributed by atoms with van der Waals surface area (Å²) in [5.74, 6) is -2.36. The molecule has 0 bridgehead atoms. The number of hydrogen-bond donors (Lipinski definition) is 2. The van der Waals surface area contributed by atoms with Gasteiger partial charge in [0.25, 0.3) is 5.91 Å². The number of rotatable bonds is 4. The molecule has 1 unspecified atom stereocenters. The van der Waals surface area contributed by atoms with Crippen LogP contribution in [0.5, 0.6) is 0 Å². The molecule has 4 amide bonds. The minimum absolute atomic E-state index is 0.259. The molecule has 0 spiro atoms. The number of hydrogen-bond acceptors (Lipinski definition) is 3. The van der Waals surface area contributed by atoms with Gasteiger partial charge >= 0.3 is 12.2 Å². The van der Waals surface area contributed by atoms with Gasteiger partial charge < -0.3 is 10.6 Å². The highest BCUT2D eigenvalue weighted by Gasteiger charge is 2.68. The van der Waals surface area contributed by atoms with Gasteiger partial charge in [0, 0.05) is 10.2 Å². The second kappa shape index (κ2) is 7.27. The van der Waals surface area contributed by atoms with Crippen LogP contribution in [0.3, 0.4) is 0 Å². The molecule has 1 aliphatic rings. The van der Waals surface area contributed by atoms with Gasteiger partial charge in [-0.25, -0.2) is 4.79 Å². The minimum Gasteiger partial charge on any atom is -0.325 e. The van der Waals surface area contributed by atoms with Crippen molar-refractivity contribution in [1.29, 1.82) is 0 Å². The Morgan fingerprint density at radius 1 is 1.07 bits per heavy atom. The number of imide groups is 1. The molecule has 2 aromatic rings. The fraction of sp³-hybridized carbons (Fsp3) is 0.167. The number of nitrogens with zero attached hydrogens (tertiary/aromatic N) is 1. The number of alkyl halides is 3. The molecule has 0 aliphatic carbocycles. The number of urea groups is 1. The predicted octanol–water partition coefficient (Wildman–Crippen LogP) is 3.40. The van der Waals surface area contributed by atoms with E-state index in [4.69, 9.17) is 0 Å². The van der Waals surface area contributed by atoms with Crippen LogP contribution in [0.15, 0.2) is 59.1 Å². The summed E-state index contributed by atoms with van der Waals surface area (Å²) >= 11 is 3.23. The van der Waals surface area contributed by atoms with Crippen molar-refractivity contribution in [1.82, 2.24) is 10.2 Å². The van der Waals surface area contributed by atoms with Crippen molar-refractivity contribution in [2.45, 2.75) is 11.7 Å². The average Bonchev–Trinajstić information content (AvgIpc) is 2.90. The maximum absolute atomic E-state index is 13.9. The molecular weight excluding hydrogens is 443 g/mol. The quantitative estimate of drug-likeness (QED) is 0.693. The Balaban J connectivity index is 1.85. The Morgan fingerprint density at radius 3 is 2.25 bits per heavy atom. The average molecular weight is 456 g/mol. The zero-order valence-corrected chi connectivity index (χ0v) is 15.7. The van der Waals surface area contributed by atoms with E-state index in [2.05, 4.69) is 21.2 Å². The first kappa shape index (κ1) is 19.9. The van der Waals surface area contributed by atoms with Gasteiger partial charge in [-0.1, -0.05) is 46.3 Å². The Kier molecular flexibility index (Phi) is 5.16. The number of carbonyl (C=O) groups is 3. The summed E-state index contributed by atoms with van der Waals surface area (Å²) < 4.78 is 42.3. The normalized spacial score (nSPS) is 19.5. The first-order valence-electron chi connectivity index (χ1n) is 7.97. The highest BCUT2D eigenvalue weighted by Crippen LogP contribution is 2.43. The molecule has 1 saturated heterocycles. The van der Waals surface area contributed by atoms with E-state index in [1.807, 2.05) is 0 Å². The first-order chi connectivity index (χ1) is 13.1. The Morgan fingerprint density at radius 2 is 1.68 bits per heavy atom. The zero-order chi connectivity index (χ0) is 20.5. The van der Waals surface area contributed by atoms with Gasteiger partial charge in [0.1, 0.15) is 6.54 Å². The third-order valence-electron chi connectivity index (χ3n) is 4.17. The molecule has 28 heavy (non-hydrogen) atoms. The molecule has 2 aromatic carbocycles. The molecule has 0 saturated carbocycles. The molecule has 1 aliphatic heterocycles. The van der Waals surface area contributed by atoms with Crippen LogP contribution in [0.25, 0.3) is 0 Å². The Bertz CT molecular complexity index is 919. The van der Waals surface area contributed by atoms with E-state index < -0.39 is 41.7 Å². The van der Waals surface area contributed by atoms with Crippen molar-refractivity contribution in [3.8, 4) is 0 Å². The van der Waals surface area contributed by atoms with Crippen LogP contribution in [-0.4, -0.2) is 35.5 Å². The highest BCUT2D eigenvalue weighted by molar-refractivity contribution is 9.10. The van der Waals surface area contributed by atoms with E-state index in [1.54, 1.807) is 29.6 Å². The lowest BCUT2D eigenvalue weighted by molar-refractivity contribution is -0.198. The van der Waals surface area contributed by atoms with E-state index in [0.717, 1.165) is 16.6 Å². The number of nitrogens with one attached hydrogen (secondary N) is 2. The van der Waals surface area contributed by atoms with Crippen LogP contribution < -0.4 is 10.6 Å². The van der Waals surface area contributed by atoms with Gasteiger partial charge in [-0.15, -0.1) is 0 Å². The van der Waals surface area contributed by atoms with E-state index >= 15 is 0 Å². The molecule has 3 rings (SSSR count). The van der Waals surface area contributed by atoms with E-state index in [9.17, 15) is 27.6 Å². The number of amides is 4. The number of carbonyl (C=O) groups excluding carboxylic acids is 3. The summed E-state index contributed by atoms with van der Waals surface area (Å²) in [7, 11) is 0. The fourth-order valence-electron chi connectivity index (χ4n) is 2.84. The third kappa shape index (κ3) is 3.47. The molecule has 10 heteroatoms. The molecule has 0 aromatic heterocycles. The van der Waals surface area contributed by atoms with Crippen LogP contribution in [0.1, 0.15) is 5.56 Å². The molecule has 2 N–H and O–H groups in total. The van der Waals surface area contributed by atoms with Crippen LogP contribution in [0.2, 0.25) is 0 Å². The maximum Gasteiger partial charge on any atom is 0.425 e. The molecular formula is C18H13BrF3N3O3. The largest absolute Gasteiger partial charge is 0.425 e. The lowest BCUT2D eigenvalue weighted by atomic mass is 9.89. The van der Waals surface area contributed by atoms with Crippen LogP contribution in [-0.2, 0) is 15.1 Å². The monoisotopic (exact) mass is 455 g/mol. The van der Waals surface area contributed by atoms with Crippen molar-refractivity contribution in [2.24, 2.45) is 0 Å². The zero-order valence-electron chi connectivity index (χ0n) is 14.1. The smallest absolute Gasteiger partial charge is 0.325 e. The van der Waals surface area contributed by atoms with E-state index in [0.29, 0.717) is 5.69 Å². The van der Waals surface area contributed by atoms with Gasteiger partial charge in [-0.3, -0.25) is 14.5 Å². The second-order valence-electron chi connectivity index (χ2n) is 5.99. The van der Waals surface area contributed by atoms with Crippen molar-refractivity contribution in [2.75, 3.05) is 11.9 Å². The van der Waals surface area contributed by atoms with Gasteiger partial charge in [-0.05, 0) is 29.8 Å². The van der Waals surface area contributed by atoms with Crippen molar-refractivity contribution in [3.63, 3.8) is 0 Å².